The molecular formula is C11H18N4O. The fraction of sp³-hybridized carbons (Fsp3) is 0.818. The summed E-state index contributed by atoms with van der Waals surface area (Å²) in [6, 6.07) is 1.24. The van der Waals surface area contributed by atoms with Crippen LogP contribution in [0, 0.1) is 5.92 Å². The monoisotopic (exact) mass is 222 g/mol. The van der Waals surface area contributed by atoms with Gasteiger partial charge in [-0.15, -0.1) is 5.10 Å². The van der Waals surface area contributed by atoms with Crippen LogP contribution in [0.3, 0.4) is 0 Å². The smallest absolute Gasteiger partial charge is 0.315 e. The van der Waals surface area contributed by atoms with E-state index in [1.54, 1.807) is 0 Å². The van der Waals surface area contributed by atoms with Gasteiger partial charge in [-0.05, 0) is 25.2 Å². The summed E-state index contributed by atoms with van der Waals surface area (Å²) in [5, 5.41) is 14.5. The largest absolute Gasteiger partial charge is 0.407 e. The zero-order chi connectivity index (χ0) is 10.8. The van der Waals surface area contributed by atoms with E-state index in [0.29, 0.717) is 24.5 Å². The van der Waals surface area contributed by atoms with Crippen LogP contribution >= 0.6 is 0 Å². The topological polar surface area (TPSA) is 63.0 Å². The van der Waals surface area contributed by atoms with Crippen molar-refractivity contribution in [1.82, 2.24) is 15.5 Å². The third kappa shape index (κ3) is 2.95. The van der Waals surface area contributed by atoms with E-state index in [4.69, 9.17) is 4.42 Å². The summed E-state index contributed by atoms with van der Waals surface area (Å²) < 4.78 is 5.47. The van der Waals surface area contributed by atoms with E-state index < -0.39 is 0 Å². The van der Waals surface area contributed by atoms with Gasteiger partial charge in [-0.3, -0.25) is 0 Å². The average molecular weight is 222 g/mol. The Balaban J connectivity index is 1.39. The van der Waals surface area contributed by atoms with Crippen LogP contribution in [-0.4, -0.2) is 22.8 Å². The number of hydrogen-bond acceptors (Lipinski definition) is 5. The van der Waals surface area contributed by atoms with Gasteiger partial charge in [0.25, 0.3) is 0 Å². The number of nitrogens with one attached hydrogen (secondary N) is 2. The first kappa shape index (κ1) is 10.1. The van der Waals surface area contributed by atoms with Crippen molar-refractivity contribution in [3.05, 3.63) is 5.89 Å². The number of rotatable bonds is 7. The van der Waals surface area contributed by atoms with Crippen LogP contribution < -0.4 is 10.6 Å². The second-order valence-electron chi connectivity index (χ2n) is 4.81. The first-order valence-electron chi connectivity index (χ1n) is 6.20. The van der Waals surface area contributed by atoms with Crippen molar-refractivity contribution >= 4 is 6.01 Å². The summed E-state index contributed by atoms with van der Waals surface area (Å²) in [6.45, 7) is 1.64. The molecule has 3 rings (SSSR count). The maximum atomic E-state index is 5.47. The highest BCUT2D eigenvalue weighted by atomic mass is 16.4. The van der Waals surface area contributed by atoms with Crippen molar-refractivity contribution in [2.45, 2.75) is 44.7 Å². The first-order chi connectivity index (χ1) is 7.90. The lowest BCUT2D eigenvalue weighted by Gasteiger charge is -1.99. The van der Waals surface area contributed by atoms with Gasteiger partial charge in [0.05, 0.1) is 6.54 Å². The van der Waals surface area contributed by atoms with E-state index in [1.807, 2.05) is 0 Å². The molecule has 0 unspecified atom stereocenters. The highest BCUT2D eigenvalue weighted by molar-refractivity contribution is 5.16. The Morgan fingerprint density at radius 3 is 2.81 bits per heavy atom. The Labute approximate surface area is 95.0 Å². The van der Waals surface area contributed by atoms with Crippen LogP contribution in [0.5, 0.6) is 0 Å². The normalized spacial score (nSPS) is 20.0. The molecule has 2 fully saturated rings. The van der Waals surface area contributed by atoms with Crippen LogP contribution in [0.25, 0.3) is 0 Å². The molecule has 0 spiro atoms. The molecule has 0 radical (unpaired) electrons. The van der Waals surface area contributed by atoms with Crippen molar-refractivity contribution < 1.29 is 4.42 Å². The van der Waals surface area contributed by atoms with Crippen LogP contribution in [0.1, 0.15) is 38.0 Å². The van der Waals surface area contributed by atoms with Crippen molar-refractivity contribution in [3.8, 4) is 0 Å². The molecule has 1 aromatic heterocycles. The summed E-state index contributed by atoms with van der Waals surface area (Å²) in [7, 11) is 0. The molecule has 5 nitrogen and oxygen atoms in total. The minimum atomic E-state index is 0.563. The Kier molecular flexibility index (Phi) is 2.78. The Morgan fingerprint density at radius 1 is 1.19 bits per heavy atom. The molecular weight excluding hydrogens is 204 g/mol. The highest BCUT2D eigenvalue weighted by Crippen LogP contribution is 2.32. The number of nitrogens with zero attached hydrogens (tertiary/aromatic N) is 2. The zero-order valence-electron chi connectivity index (χ0n) is 9.41. The van der Waals surface area contributed by atoms with Gasteiger partial charge >= 0.3 is 6.01 Å². The van der Waals surface area contributed by atoms with Crippen LogP contribution in [0.4, 0.5) is 6.01 Å². The third-order valence-electron chi connectivity index (χ3n) is 3.11. The zero-order valence-corrected chi connectivity index (χ0v) is 9.41. The molecule has 0 saturated heterocycles. The molecule has 0 bridgehead atoms. The number of aromatic nitrogens is 2. The van der Waals surface area contributed by atoms with Crippen LogP contribution in [0.15, 0.2) is 4.42 Å². The van der Waals surface area contributed by atoms with Crippen LogP contribution in [-0.2, 0) is 6.54 Å². The molecule has 0 aliphatic heterocycles. The van der Waals surface area contributed by atoms with Gasteiger partial charge in [0.15, 0.2) is 0 Å². The lowest BCUT2D eigenvalue weighted by Crippen LogP contribution is -2.15. The average Bonchev–Trinajstić information content (AvgIpc) is 3.18. The summed E-state index contributed by atoms with van der Waals surface area (Å²) in [5.41, 5.74) is 0. The maximum absolute atomic E-state index is 5.47. The van der Waals surface area contributed by atoms with Gasteiger partial charge in [0.2, 0.25) is 5.89 Å². The molecule has 88 valence electrons. The van der Waals surface area contributed by atoms with Crippen molar-refractivity contribution in [2.75, 3.05) is 11.9 Å². The number of hydrogen-bond donors (Lipinski definition) is 2. The van der Waals surface area contributed by atoms with E-state index in [9.17, 15) is 0 Å². The summed E-state index contributed by atoms with van der Waals surface area (Å²) in [5.74, 6) is 1.62. The van der Waals surface area contributed by atoms with Gasteiger partial charge in [-0.25, -0.2) is 0 Å². The quantitative estimate of drug-likeness (QED) is 0.732. The fourth-order valence-corrected chi connectivity index (χ4v) is 1.71. The van der Waals surface area contributed by atoms with Gasteiger partial charge in [-0.1, -0.05) is 17.9 Å². The highest BCUT2D eigenvalue weighted by Gasteiger charge is 2.22. The molecule has 2 saturated carbocycles. The van der Waals surface area contributed by atoms with E-state index in [2.05, 4.69) is 20.8 Å². The molecule has 1 heterocycles. The predicted octanol–water partition coefficient (Wildman–Crippen LogP) is 1.53. The molecule has 0 aromatic carbocycles. The SMILES string of the molecule is C(CC1CC1)Nc1nnc(CNC2CC2)o1. The molecule has 16 heavy (non-hydrogen) atoms. The van der Waals surface area contributed by atoms with E-state index in [-0.39, 0.29) is 0 Å². The lowest BCUT2D eigenvalue weighted by molar-refractivity contribution is 0.475. The van der Waals surface area contributed by atoms with Gasteiger partial charge in [0.1, 0.15) is 0 Å². The Bertz CT molecular complexity index is 344. The summed E-state index contributed by atoms with van der Waals surface area (Å²) in [6.07, 6.45) is 6.56. The van der Waals surface area contributed by atoms with E-state index in [0.717, 1.165) is 12.5 Å². The molecule has 0 amide bonds. The predicted molar refractivity (Wildman–Crippen MR) is 60.0 cm³/mol. The molecule has 2 aliphatic rings. The third-order valence-corrected chi connectivity index (χ3v) is 3.11. The van der Waals surface area contributed by atoms with Gasteiger partial charge in [0, 0.05) is 12.6 Å². The molecule has 0 atom stereocenters. The second-order valence-corrected chi connectivity index (χ2v) is 4.81. The molecule has 1 aromatic rings. The number of anilines is 1. The minimum Gasteiger partial charge on any atom is -0.407 e. The van der Waals surface area contributed by atoms with E-state index in [1.165, 1.54) is 32.1 Å². The molecule has 2 aliphatic carbocycles. The van der Waals surface area contributed by atoms with Crippen molar-refractivity contribution in [1.29, 1.82) is 0 Å². The summed E-state index contributed by atoms with van der Waals surface area (Å²) in [4.78, 5) is 0. The molecule has 5 heteroatoms. The Morgan fingerprint density at radius 2 is 2.06 bits per heavy atom. The first-order valence-corrected chi connectivity index (χ1v) is 6.20. The Hall–Kier alpha value is -1.10. The second kappa shape index (κ2) is 4.41. The van der Waals surface area contributed by atoms with Crippen molar-refractivity contribution in [2.24, 2.45) is 5.92 Å². The maximum Gasteiger partial charge on any atom is 0.315 e. The van der Waals surface area contributed by atoms with Crippen molar-refractivity contribution in [3.63, 3.8) is 0 Å². The molecule has 2 N–H and O–H groups in total. The fourth-order valence-electron chi connectivity index (χ4n) is 1.71. The standard InChI is InChI=1S/C11H18N4O/c1-2-8(1)5-6-12-11-15-14-10(16-11)7-13-9-3-4-9/h8-9,13H,1-7H2,(H,12,15). The van der Waals surface area contributed by atoms with Crippen LogP contribution in [0.2, 0.25) is 0 Å². The minimum absolute atomic E-state index is 0.563. The van der Waals surface area contributed by atoms with Gasteiger partial charge < -0.3 is 15.1 Å². The lowest BCUT2D eigenvalue weighted by atomic mass is 10.3. The van der Waals surface area contributed by atoms with E-state index >= 15 is 0 Å². The summed E-state index contributed by atoms with van der Waals surface area (Å²) >= 11 is 0. The van der Waals surface area contributed by atoms with Gasteiger partial charge in [-0.2, -0.15) is 0 Å².